The molecule has 116 valence electrons. The first-order valence-electron chi connectivity index (χ1n) is 7.45. The largest absolute Gasteiger partial charge is 0.336 e. The molecule has 1 saturated heterocycles. The SMILES string of the molecule is CC(C)N(CC1CCCNC1)C(=O)c1cc(Br)ccc1F. The second kappa shape index (κ2) is 7.36. The van der Waals surface area contributed by atoms with Crippen molar-refractivity contribution >= 4 is 21.8 Å². The van der Waals surface area contributed by atoms with E-state index < -0.39 is 5.82 Å². The molecule has 1 aromatic rings. The first kappa shape index (κ1) is 16.4. The van der Waals surface area contributed by atoms with Crippen LogP contribution in [-0.2, 0) is 0 Å². The Morgan fingerprint density at radius 3 is 2.90 bits per heavy atom. The molecule has 1 aromatic carbocycles. The summed E-state index contributed by atoms with van der Waals surface area (Å²) in [5, 5.41) is 3.36. The van der Waals surface area contributed by atoms with Gasteiger partial charge < -0.3 is 10.2 Å². The van der Waals surface area contributed by atoms with Gasteiger partial charge in [-0.3, -0.25) is 4.79 Å². The molecule has 0 radical (unpaired) electrons. The zero-order valence-electron chi connectivity index (χ0n) is 12.5. The summed E-state index contributed by atoms with van der Waals surface area (Å²) in [6.07, 6.45) is 2.25. The van der Waals surface area contributed by atoms with Crippen LogP contribution in [0.2, 0.25) is 0 Å². The third-order valence-electron chi connectivity index (χ3n) is 3.90. The maximum absolute atomic E-state index is 13.9. The lowest BCUT2D eigenvalue weighted by molar-refractivity contribution is 0.0656. The number of halogens is 2. The van der Waals surface area contributed by atoms with Gasteiger partial charge in [-0.15, -0.1) is 0 Å². The lowest BCUT2D eigenvalue weighted by atomic mass is 9.98. The van der Waals surface area contributed by atoms with Crippen LogP contribution in [0.3, 0.4) is 0 Å². The zero-order chi connectivity index (χ0) is 15.4. The second-order valence-electron chi connectivity index (χ2n) is 5.89. The summed E-state index contributed by atoms with van der Waals surface area (Å²) in [6, 6.07) is 4.55. The number of piperidine rings is 1. The number of amides is 1. The van der Waals surface area contributed by atoms with Crippen LogP contribution >= 0.6 is 15.9 Å². The zero-order valence-corrected chi connectivity index (χ0v) is 14.1. The number of benzene rings is 1. The second-order valence-corrected chi connectivity index (χ2v) is 6.80. The first-order valence-corrected chi connectivity index (χ1v) is 8.25. The van der Waals surface area contributed by atoms with Gasteiger partial charge in [-0.25, -0.2) is 4.39 Å². The Labute approximate surface area is 134 Å². The fourth-order valence-corrected chi connectivity index (χ4v) is 3.06. The number of hydrogen-bond donors (Lipinski definition) is 1. The molecule has 1 atom stereocenters. The van der Waals surface area contributed by atoms with Crippen molar-refractivity contribution in [2.75, 3.05) is 19.6 Å². The number of hydrogen-bond acceptors (Lipinski definition) is 2. The highest BCUT2D eigenvalue weighted by Crippen LogP contribution is 2.20. The van der Waals surface area contributed by atoms with Gasteiger partial charge >= 0.3 is 0 Å². The highest BCUT2D eigenvalue weighted by atomic mass is 79.9. The van der Waals surface area contributed by atoms with Crippen LogP contribution in [0.5, 0.6) is 0 Å². The quantitative estimate of drug-likeness (QED) is 0.895. The molecule has 0 aliphatic carbocycles. The summed E-state index contributed by atoms with van der Waals surface area (Å²) in [5.74, 6) is -0.245. The van der Waals surface area contributed by atoms with Crippen molar-refractivity contribution in [2.24, 2.45) is 5.92 Å². The Hall–Kier alpha value is -0.940. The van der Waals surface area contributed by atoms with Crippen molar-refractivity contribution in [2.45, 2.75) is 32.7 Å². The molecule has 5 heteroatoms. The topological polar surface area (TPSA) is 32.3 Å². The normalized spacial score (nSPS) is 18.8. The highest BCUT2D eigenvalue weighted by molar-refractivity contribution is 9.10. The summed E-state index contributed by atoms with van der Waals surface area (Å²) in [6.45, 7) is 6.60. The van der Waals surface area contributed by atoms with Crippen molar-refractivity contribution in [3.05, 3.63) is 34.1 Å². The van der Waals surface area contributed by atoms with E-state index in [1.54, 1.807) is 17.0 Å². The number of carbonyl (C=O) groups is 1. The molecule has 1 fully saturated rings. The molecule has 0 aromatic heterocycles. The van der Waals surface area contributed by atoms with E-state index in [-0.39, 0.29) is 17.5 Å². The maximum atomic E-state index is 13.9. The summed E-state index contributed by atoms with van der Waals surface area (Å²) in [5.41, 5.74) is 0.141. The molecule has 1 amide bonds. The Morgan fingerprint density at radius 2 is 2.29 bits per heavy atom. The minimum Gasteiger partial charge on any atom is -0.336 e. The van der Waals surface area contributed by atoms with Crippen LogP contribution in [0.4, 0.5) is 4.39 Å². The molecule has 0 saturated carbocycles. The molecule has 21 heavy (non-hydrogen) atoms. The van der Waals surface area contributed by atoms with Crippen LogP contribution in [0.15, 0.2) is 22.7 Å². The molecule has 0 spiro atoms. The lowest BCUT2D eigenvalue weighted by Crippen LogP contribution is -2.44. The minimum atomic E-state index is -0.462. The van der Waals surface area contributed by atoms with E-state index >= 15 is 0 Å². The molecular formula is C16H22BrFN2O. The predicted molar refractivity (Wildman–Crippen MR) is 85.9 cm³/mol. The molecule has 1 N–H and O–H groups in total. The number of nitrogens with one attached hydrogen (secondary N) is 1. The van der Waals surface area contributed by atoms with E-state index in [4.69, 9.17) is 0 Å². The summed E-state index contributed by atoms with van der Waals surface area (Å²) < 4.78 is 14.7. The number of nitrogens with zero attached hydrogens (tertiary/aromatic N) is 1. The number of rotatable bonds is 4. The van der Waals surface area contributed by atoms with Crippen molar-refractivity contribution < 1.29 is 9.18 Å². The van der Waals surface area contributed by atoms with Crippen molar-refractivity contribution in [3.8, 4) is 0 Å². The smallest absolute Gasteiger partial charge is 0.257 e. The monoisotopic (exact) mass is 356 g/mol. The van der Waals surface area contributed by atoms with Crippen molar-refractivity contribution in [1.82, 2.24) is 10.2 Å². The van der Waals surface area contributed by atoms with Crippen molar-refractivity contribution in [1.29, 1.82) is 0 Å². The van der Waals surface area contributed by atoms with Gasteiger partial charge in [0.05, 0.1) is 5.56 Å². The average Bonchev–Trinajstić information content (AvgIpc) is 2.47. The number of carbonyl (C=O) groups excluding carboxylic acids is 1. The standard InChI is InChI=1S/C16H22BrFN2O/c1-11(2)20(10-12-4-3-7-19-9-12)16(21)14-8-13(17)5-6-15(14)18/h5-6,8,11-12,19H,3-4,7,9-10H2,1-2H3. The summed E-state index contributed by atoms with van der Waals surface area (Å²) in [7, 11) is 0. The van der Waals surface area contributed by atoms with E-state index in [1.165, 1.54) is 6.07 Å². The average molecular weight is 357 g/mol. The predicted octanol–water partition coefficient (Wildman–Crippen LogP) is 3.44. The van der Waals surface area contributed by atoms with Gasteiger partial charge in [-0.1, -0.05) is 15.9 Å². The van der Waals surface area contributed by atoms with Gasteiger partial charge in [-0.05, 0) is 63.9 Å². The molecule has 1 aliphatic rings. The molecule has 1 heterocycles. The van der Waals surface area contributed by atoms with E-state index in [0.717, 1.165) is 30.4 Å². The van der Waals surface area contributed by atoms with Gasteiger partial charge in [0.15, 0.2) is 0 Å². The van der Waals surface area contributed by atoms with Crippen LogP contribution in [0.1, 0.15) is 37.0 Å². The van der Waals surface area contributed by atoms with E-state index in [1.807, 2.05) is 13.8 Å². The molecule has 1 unspecified atom stereocenters. The van der Waals surface area contributed by atoms with E-state index in [0.29, 0.717) is 12.5 Å². The Balaban J connectivity index is 2.16. The Kier molecular flexibility index (Phi) is 5.76. The minimum absolute atomic E-state index is 0.0535. The van der Waals surface area contributed by atoms with Crippen molar-refractivity contribution in [3.63, 3.8) is 0 Å². The molecule has 3 nitrogen and oxygen atoms in total. The van der Waals surface area contributed by atoms with Gasteiger partial charge in [0.2, 0.25) is 0 Å². The molecular weight excluding hydrogens is 335 g/mol. The third-order valence-corrected chi connectivity index (χ3v) is 4.39. The van der Waals surface area contributed by atoms with Crippen LogP contribution in [0, 0.1) is 11.7 Å². The molecule has 0 bridgehead atoms. The van der Waals surface area contributed by atoms with Gasteiger partial charge in [-0.2, -0.15) is 0 Å². The van der Waals surface area contributed by atoms with E-state index in [2.05, 4.69) is 21.2 Å². The highest BCUT2D eigenvalue weighted by Gasteiger charge is 2.25. The van der Waals surface area contributed by atoms with Gasteiger partial charge in [0, 0.05) is 17.1 Å². The van der Waals surface area contributed by atoms with Crippen LogP contribution in [0.25, 0.3) is 0 Å². The third kappa shape index (κ3) is 4.27. The molecule has 1 aliphatic heterocycles. The Morgan fingerprint density at radius 1 is 1.52 bits per heavy atom. The first-order chi connectivity index (χ1) is 9.99. The van der Waals surface area contributed by atoms with Gasteiger partial charge in [0.25, 0.3) is 5.91 Å². The maximum Gasteiger partial charge on any atom is 0.257 e. The molecule has 2 rings (SSSR count). The van der Waals surface area contributed by atoms with Crippen LogP contribution < -0.4 is 5.32 Å². The fourth-order valence-electron chi connectivity index (χ4n) is 2.70. The summed E-state index contributed by atoms with van der Waals surface area (Å²) >= 11 is 3.30. The Bertz CT molecular complexity index is 501. The lowest BCUT2D eigenvalue weighted by Gasteiger charge is -2.33. The van der Waals surface area contributed by atoms with Crippen LogP contribution in [-0.4, -0.2) is 36.5 Å². The van der Waals surface area contributed by atoms with Gasteiger partial charge in [0.1, 0.15) is 5.82 Å². The summed E-state index contributed by atoms with van der Waals surface area (Å²) in [4.78, 5) is 14.5. The fraction of sp³-hybridized carbons (Fsp3) is 0.562. The van der Waals surface area contributed by atoms with E-state index in [9.17, 15) is 9.18 Å².